The highest BCUT2D eigenvalue weighted by atomic mass is 16.5. The third kappa shape index (κ3) is 8.05. The Morgan fingerprint density at radius 3 is 2.38 bits per heavy atom. The van der Waals surface area contributed by atoms with Crippen LogP contribution in [-0.2, 0) is 9.53 Å². The van der Waals surface area contributed by atoms with Crippen LogP contribution in [0.25, 0.3) is 0 Å². The second-order valence-electron chi connectivity index (χ2n) is 4.42. The standard InChI is InChI=1S/C10H20N2O4/c1-7(8(13)14)12-9(15)11-5-6-16-10(2,3)4/h7H,5-6H2,1-4H3,(H,13,14)(H2,11,12,15). The molecule has 0 aromatic rings. The molecule has 0 radical (unpaired) electrons. The fraction of sp³-hybridized carbons (Fsp3) is 0.800. The molecule has 0 aliphatic carbocycles. The quantitative estimate of drug-likeness (QED) is 0.605. The van der Waals surface area contributed by atoms with Gasteiger partial charge in [-0.1, -0.05) is 0 Å². The van der Waals surface area contributed by atoms with E-state index in [-0.39, 0.29) is 5.60 Å². The summed E-state index contributed by atoms with van der Waals surface area (Å²) in [5.41, 5.74) is -0.244. The van der Waals surface area contributed by atoms with Crippen LogP contribution in [0.1, 0.15) is 27.7 Å². The minimum absolute atomic E-state index is 0.244. The lowest BCUT2D eigenvalue weighted by Gasteiger charge is -2.19. The van der Waals surface area contributed by atoms with E-state index in [4.69, 9.17) is 9.84 Å². The van der Waals surface area contributed by atoms with E-state index in [1.54, 1.807) is 0 Å². The van der Waals surface area contributed by atoms with Crippen LogP contribution < -0.4 is 10.6 Å². The number of nitrogens with one attached hydrogen (secondary N) is 2. The fourth-order valence-electron chi connectivity index (χ4n) is 0.831. The molecule has 0 fully saturated rings. The number of amides is 2. The first-order valence-corrected chi connectivity index (χ1v) is 5.13. The maximum atomic E-state index is 11.1. The minimum Gasteiger partial charge on any atom is -0.480 e. The van der Waals surface area contributed by atoms with E-state index in [9.17, 15) is 9.59 Å². The minimum atomic E-state index is -1.07. The second kappa shape index (κ2) is 6.32. The molecule has 94 valence electrons. The van der Waals surface area contributed by atoms with Crippen molar-refractivity contribution in [2.45, 2.75) is 39.3 Å². The molecule has 6 heteroatoms. The molecule has 1 atom stereocenters. The van der Waals surface area contributed by atoms with Crippen molar-refractivity contribution in [2.75, 3.05) is 13.2 Å². The van der Waals surface area contributed by atoms with Gasteiger partial charge < -0.3 is 20.5 Å². The number of urea groups is 1. The number of carboxylic acid groups (broad SMARTS) is 1. The Labute approximate surface area is 95.4 Å². The number of ether oxygens (including phenoxy) is 1. The molecule has 0 bridgehead atoms. The molecule has 0 heterocycles. The molecule has 0 saturated carbocycles. The predicted molar refractivity (Wildman–Crippen MR) is 59.3 cm³/mol. The monoisotopic (exact) mass is 232 g/mol. The fourth-order valence-corrected chi connectivity index (χ4v) is 0.831. The van der Waals surface area contributed by atoms with Gasteiger partial charge in [-0.05, 0) is 27.7 Å². The lowest BCUT2D eigenvalue weighted by Crippen LogP contribution is -2.45. The average molecular weight is 232 g/mol. The number of hydrogen-bond donors (Lipinski definition) is 3. The van der Waals surface area contributed by atoms with E-state index < -0.39 is 18.0 Å². The first kappa shape index (κ1) is 14.7. The first-order valence-electron chi connectivity index (χ1n) is 5.13. The van der Waals surface area contributed by atoms with Crippen LogP contribution in [0.3, 0.4) is 0 Å². The van der Waals surface area contributed by atoms with E-state index in [2.05, 4.69) is 10.6 Å². The number of carbonyl (C=O) groups excluding carboxylic acids is 1. The Morgan fingerprint density at radius 1 is 1.38 bits per heavy atom. The molecule has 0 rings (SSSR count). The lowest BCUT2D eigenvalue weighted by atomic mass is 10.2. The number of aliphatic carboxylic acids is 1. The zero-order chi connectivity index (χ0) is 12.8. The van der Waals surface area contributed by atoms with Gasteiger partial charge in [-0.2, -0.15) is 0 Å². The molecule has 1 unspecified atom stereocenters. The van der Waals surface area contributed by atoms with Gasteiger partial charge in [0.2, 0.25) is 0 Å². The Morgan fingerprint density at radius 2 is 1.94 bits per heavy atom. The molecule has 0 saturated heterocycles. The van der Waals surface area contributed by atoms with Crippen molar-refractivity contribution in [1.82, 2.24) is 10.6 Å². The maximum Gasteiger partial charge on any atom is 0.325 e. The normalized spacial score (nSPS) is 13.0. The molecule has 16 heavy (non-hydrogen) atoms. The van der Waals surface area contributed by atoms with Crippen LogP contribution in [-0.4, -0.2) is 41.9 Å². The van der Waals surface area contributed by atoms with Gasteiger partial charge in [-0.15, -0.1) is 0 Å². The Kier molecular flexibility index (Phi) is 5.81. The van der Waals surface area contributed by atoms with Gasteiger partial charge in [0.1, 0.15) is 6.04 Å². The van der Waals surface area contributed by atoms with Crippen LogP contribution in [0.15, 0.2) is 0 Å². The Bertz CT molecular complexity index is 248. The van der Waals surface area contributed by atoms with Crippen molar-refractivity contribution in [2.24, 2.45) is 0 Å². The summed E-state index contributed by atoms with van der Waals surface area (Å²) in [5.74, 6) is -1.07. The van der Waals surface area contributed by atoms with E-state index in [1.807, 2.05) is 20.8 Å². The van der Waals surface area contributed by atoms with E-state index in [1.165, 1.54) is 6.92 Å². The van der Waals surface area contributed by atoms with Crippen LogP contribution in [0.2, 0.25) is 0 Å². The Balaban J connectivity index is 3.63. The number of rotatable bonds is 5. The highest BCUT2D eigenvalue weighted by molar-refractivity contribution is 5.82. The summed E-state index contributed by atoms with van der Waals surface area (Å²) >= 11 is 0. The highest BCUT2D eigenvalue weighted by Crippen LogP contribution is 2.04. The van der Waals surface area contributed by atoms with Gasteiger partial charge in [0.15, 0.2) is 0 Å². The molecule has 2 amide bonds. The van der Waals surface area contributed by atoms with Crippen molar-refractivity contribution in [3.05, 3.63) is 0 Å². The average Bonchev–Trinajstić information content (AvgIpc) is 2.10. The number of carboxylic acids is 1. The summed E-state index contributed by atoms with van der Waals surface area (Å²) in [4.78, 5) is 21.6. The summed E-state index contributed by atoms with van der Waals surface area (Å²) in [5, 5.41) is 13.3. The largest absolute Gasteiger partial charge is 0.480 e. The third-order valence-corrected chi connectivity index (χ3v) is 1.64. The lowest BCUT2D eigenvalue weighted by molar-refractivity contribution is -0.138. The van der Waals surface area contributed by atoms with E-state index >= 15 is 0 Å². The number of carbonyl (C=O) groups is 2. The summed E-state index contributed by atoms with van der Waals surface area (Å²) in [6, 6.07) is -1.41. The van der Waals surface area contributed by atoms with Crippen molar-refractivity contribution in [3.63, 3.8) is 0 Å². The predicted octanol–water partition coefficient (Wildman–Crippen LogP) is 0.574. The highest BCUT2D eigenvalue weighted by Gasteiger charge is 2.13. The summed E-state index contributed by atoms with van der Waals surface area (Å²) in [6.45, 7) is 7.88. The molecular weight excluding hydrogens is 212 g/mol. The molecule has 6 nitrogen and oxygen atoms in total. The summed E-state index contributed by atoms with van der Waals surface area (Å²) < 4.78 is 5.37. The molecule has 0 aromatic carbocycles. The molecule has 0 aromatic heterocycles. The SMILES string of the molecule is CC(NC(=O)NCCOC(C)(C)C)C(=O)O. The topological polar surface area (TPSA) is 87.7 Å². The second-order valence-corrected chi connectivity index (χ2v) is 4.42. The first-order chi connectivity index (χ1) is 7.22. The van der Waals surface area contributed by atoms with Crippen molar-refractivity contribution in [1.29, 1.82) is 0 Å². The summed E-state index contributed by atoms with van der Waals surface area (Å²) in [7, 11) is 0. The molecule has 3 N–H and O–H groups in total. The molecular formula is C10H20N2O4. The van der Waals surface area contributed by atoms with Gasteiger partial charge in [0.25, 0.3) is 0 Å². The van der Waals surface area contributed by atoms with Gasteiger partial charge in [-0.25, -0.2) is 4.79 Å². The Hall–Kier alpha value is -1.30. The van der Waals surface area contributed by atoms with Crippen molar-refractivity contribution < 1.29 is 19.4 Å². The third-order valence-electron chi connectivity index (χ3n) is 1.64. The van der Waals surface area contributed by atoms with E-state index in [0.29, 0.717) is 13.2 Å². The van der Waals surface area contributed by atoms with Crippen LogP contribution in [0, 0.1) is 0 Å². The molecule has 0 aliphatic heterocycles. The van der Waals surface area contributed by atoms with Crippen molar-refractivity contribution in [3.8, 4) is 0 Å². The van der Waals surface area contributed by atoms with Crippen molar-refractivity contribution >= 4 is 12.0 Å². The number of hydrogen-bond acceptors (Lipinski definition) is 3. The molecule has 0 spiro atoms. The van der Waals surface area contributed by atoms with E-state index in [0.717, 1.165) is 0 Å². The maximum absolute atomic E-state index is 11.1. The smallest absolute Gasteiger partial charge is 0.325 e. The van der Waals surface area contributed by atoms with Gasteiger partial charge in [0, 0.05) is 6.54 Å². The van der Waals surface area contributed by atoms with Gasteiger partial charge in [0.05, 0.1) is 12.2 Å². The molecule has 0 aliphatic rings. The summed E-state index contributed by atoms with van der Waals surface area (Å²) in [6.07, 6.45) is 0. The van der Waals surface area contributed by atoms with Crippen LogP contribution >= 0.6 is 0 Å². The zero-order valence-corrected chi connectivity index (χ0v) is 10.2. The van der Waals surface area contributed by atoms with Gasteiger partial charge >= 0.3 is 12.0 Å². The zero-order valence-electron chi connectivity index (χ0n) is 10.2. The van der Waals surface area contributed by atoms with Gasteiger partial charge in [-0.3, -0.25) is 4.79 Å². The van der Waals surface area contributed by atoms with Crippen LogP contribution in [0.5, 0.6) is 0 Å². The van der Waals surface area contributed by atoms with Crippen LogP contribution in [0.4, 0.5) is 4.79 Å².